The third-order valence-corrected chi connectivity index (χ3v) is 18.2. The maximum absolute atomic E-state index is 12.6. The Kier molecular flexibility index (Phi) is 14.1. The second kappa shape index (κ2) is 21.0. The van der Waals surface area contributed by atoms with E-state index in [0.717, 1.165) is 126 Å². The Balaban J connectivity index is 0.885. The number of hydrogen-bond donors (Lipinski definition) is 4. The molecule has 16 heteroatoms. The van der Waals surface area contributed by atoms with Crippen molar-refractivity contribution >= 4 is 0 Å². The summed E-state index contributed by atoms with van der Waals surface area (Å²) in [4.78, 5) is 9.71. The number of nitrogens with zero attached hydrogens (tertiary/aromatic N) is 4. The van der Waals surface area contributed by atoms with E-state index in [1.165, 1.54) is 0 Å². The molecule has 0 atom stereocenters. The molecule has 8 fully saturated rings. The van der Waals surface area contributed by atoms with Crippen LogP contribution in [-0.2, 0) is 89.8 Å². The average molecular weight is 1050 g/mol. The lowest BCUT2D eigenvalue weighted by Crippen LogP contribution is -2.44. The van der Waals surface area contributed by atoms with E-state index in [1.807, 2.05) is 0 Å². The molecule has 8 aliphatic heterocycles. The smallest absolute Gasteiger partial charge is 0.170 e. The van der Waals surface area contributed by atoms with Crippen LogP contribution in [0.1, 0.15) is 118 Å². The molecule has 0 aromatic heterocycles. The molecule has 8 saturated heterocycles. The minimum atomic E-state index is -0.498. The SMILES string of the molecule is Oc1c2cc(CN3CCC4(CC3)OCCO4)cc1Cc1cc(CN3CCC4(CC3)OCCO4)cc(c1O)Cc1cc(CN3CCC4(CC3)OCCO4)cc(c1O)Cc1cc(CN3CCC4(CC3)OCCO4)cc(c1O)C2. The Morgan fingerprint density at radius 1 is 0.276 bits per heavy atom. The van der Waals surface area contributed by atoms with Crippen molar-refractivity contribution in [3.05, 3.63) is 115 Å². The van der Waals surface area contributed by atoms with Gasteiger partial charge < -0.3 is 58.3 Å². The van der Waals surface area contributed by atoms with Crippen molar-refractivity contribution in [1.82, 2.24) is 19.6 Å². The van der Waals surface area contributed by atoms with Crippen molar-refractivity contribution < 1.29 is 58.3 Å². The quantitative estimate of drug-likeness (QED) is 0.132. The first kappa shape index (κ1) is 51.1. The Bertz CT molecular complexity index is 2270. The Hall–Kier alpha value is -4.40. The van der Waals surface area contributed by atoms with Crippen LogP contribution in [0.2, 0.25) is 0 Å². The molecule has 0 saturated carbocycles. The standard InChI is InChI=1S/C60H76N4O12/c65-53-45-25-41(37-61-9-1-57(2-10-61)69-17-18-70-57)26-46(53)34-48-28-43(39-63-13-5-59(6-14-63)73-21-22-74-59)30-50(55(48)67)36-52-32-44(40-64-15-7-60(8-16-64)75-23-24-76-60)31-51(56(52)68)35-49-29-42(27-47(33-45)54(49)66)38-62-11-3-58(4-12-62)71-19-20-72-58/h25-32,65-68H,1-24,33-40H2. The summed E-state index contributed by atoms with van der Waals surface area (Å²) in [5.41, 5.74) is 9.90. The number of likely N-dealkylation sites (tertiary alicyclic amines) is 4. The number of rotatable bonds is 8. The number of phenols is 4. The van der Waals surface area contributed by atoms with Crippen LogP contribution in [0, 0.1) is 0 Å². The van der Waals surface area contributed by atoms with Crippen molar-refractivity contribution in [3.63, 3.8) is 0 Å². The van der Waals surface area contributed by atoms with Gasteiger partial charge in [-0.1, -0.05) is 48.5 Å². The zero-order valence-corrected chi connectivity index (χ0v) is 44.1. The fraction of sp³-hybridized carbons (Fsp3) is 0.600. The molecule has 4 N–H and O–H groups in total. The predicted octanol–water partition coefficient (Wildman–Crippen LogP) is 6.54. The first-order chi connectivity index (χ1) is 37.0. The number of benzene rings is 4. The Morgan fingerprint density at radius 3 is 0.592 bits per heavy atom. The van der Waals surface area contributed by atoms with Gasteiger partial charge in [0.15, 0.2) is 23.1 Å². The molecule has 0 radical (unpaired) electrons. The van der Waals surface area contributed by atoms with E-state index in [1.54, 1.807) is 0 Å². The van der Waals surface area contributed by atoms with Gasteiger partial charge in [-0.15, -0.1) is 0 Å². The van der Waals surface area contributed by atoms with E-state index in [4.69, 9.17) is 37.9 Å². The molecule has 8 bridgehead atoms. The molecule has 408 valence electrons. The largest absolute Gasteiger partial charge is 0.507 e. The van der Waals surface area contributed by atoms with E-state index < -0.39 is 23.1 Å². The molecular formula is C60H76N4O12. The summed E-state index contributed by atoms with van der Waals surface area (Å²) < 4.78 is 48.7. The van der Waals surface area contributed by atoms with Crippen LogP contribution in [0.3, 0.4) is 0 Å². The fourth-order valence-corrected chi connectivity index (χ4v) is 14.0. The third-order valence-electron chi connectivity index (χ3n) is 18.2. The van der Waals surface area contributed by atoms with E-state index in [0.29, 0.717) is 124 Å². The van der Waals surface area contributed by atoms with E-state index in [2.05, 4.69) is 68.1 Å². The molecule has 76 heavy (non-hydrogen) atoms. The average Bonchev–Trinajstić information content (AvgIpc) is 4.28. The zero-order valence-electron chi connectivity index (χ0n) is 44.1. The topological polar surface area (TPSA) is 168 Å². The fourth-order valence-electron chi connectivity index (χ4n) is 14.0. The van der Waals surface area contributed by atoms with Gasteiger partial charge in [0.2, 0.25) is 0 Å². The van der Waals surface area contributed by atoms with Gasteiger partial charge in [0.05, 0.1) is 52.9 Å². The summed E-state index contributed by atoms with van der Waals surface area (Å²) in [6.07, 6.45) is 7.41. The van der Waals surface area contributed by atoms with Gasteiger partial charge in [-0.25, -0.2) is 0 Å². The zero-order chi connectivity index (χ0) is 51.5. The highest BCUT2D eigenvalue weighted by Crippen LogP contribution is 2.42. The maximum Gasteiger partial charge on any atom is 0.170 e. The number of phenolic OH excluding ortho intramolecular Hbond substituents is 4. The van der Waals surface area contributed by atoms with Crippen LogP contribution in [-0.4, -0.2) is 168 Å². The number of ether oxygens (including phenoxy) is 8. The molecule has 4 aromatic carbocycles. The molecule has 4 spiro atoms. The summed E-state index contributed by atoms with van der Waals surface area (Å²) >= 11 is 0. The van der Waals surface area contributed by atoms with Crippen molar-refractivity contribution in [1.29, 1.82) is 0 Å². The molecule has 4 aromatic rings. The second-order valence-corrected chi connectivity index (χ2v) is 23.3. The van der Waals surface area contributed by atoms with Gasteiger partial charge in [0, 0.05) is 156 Å². The minimum Gasteiger partial charge on any atom is -0.507 e. The monoisotopic (exact) mass is 1040 g/mol. The van der Waals surface area contributed by atoms with Crippen LogP contribution >= 0.6 is 0 Å². The van der Waals surface area contributed by atoms with Gasteiger partial charge in [-0.2, -0.15) is 0 Å². The molecule has 1 aliphatic carbocycles. The van der Waals surface area contributed by atoms with E-state index >= 15 is 0 Å². The van der Waals surface area contributed by atoms with Crippen LogP contribution in [0.4, 0.5) is 0 Å². The first-order valence-electron chi connectivity index (χ1n) is 28.3. The molecule has 8 heterocycles. The van der Waals surface area contributed by atoms with Crippen LogP contribution in [0.15, 0.2) is 48.5 Å². The van der Waals surface area contributed by atoms with Crippen LogP contribution < -0.4 is 0 Å². The lowest BCUT2D eigenvalue weighted by molar-refractivity contribution is -0.186. The van der Waals surface area contributed by atoms with Gasteiger partial charge in [0.25, 0.3) is 0 Å². The lowest BCUT2D eigenvalue weighted by Gasteiger charge is -2.37. The highest BCUT2D eigenvalue weighted by atomic mass is 16.8. The highest BCUT2D eigenvalue weighted by Gasteiger charge is 2.43. The van der Waals surface area contributed by atoms with Gasteiger partial charge in [-0.3, -0.25) is 19.6 Å². The van der Waals surface area contributed by atoms with Crippen molar-refractivity contribution in [3.8, 4) is 23.0 Å². The van der Waals surface area contributed by atoms with Crippen molar-refractivity contribution in [2.45, 2.75) is 126 Å². The van der Waals surface area contributed by atoms with Crippen molar-refractivity contribution in [2.24, 2.45) is 0 Å². The van der Waals surface area contributed by atoms with E-state index in [9.17, 15) is 20.4 Å². The second-order valence-electron chi connectivity index (χ2n) is 23.3. The summed E-state index contributed by atoms with van der Waals surface area (Å²) in [6.45, 7) is 14.2. The van der Waals surface area contributed by atoms with Gasteiger partial charge in [0.1, 0.15) is 23.0 Å². The normalized spacial score (nSPS) is 24.6. The summed E-state index contributed by atoms with van der Waals surface area (Å²) in [7, 11) is 0. The maximum atomic E-state index is 12.6. The van der Waals surface area contributed by atoms with Crippen LogP contribution in [0.5, 0.6) is 23.0 Å². The molecule has 13 rings (SSSR count). The predicted molar refractivity (Wildman–Crippen MR) is 280 cm³/mol. The third kappa shape index (κ3) is 10.6. The number of piperidine rings is 4. The summed E-state index contributed by atoms with van der Waals surface area (Å²) in [6, 6.07) is 16.8. The highest BCUT2D eigenvalue weighted by molar-refractivity contribution is 5.57. The molecule has 0 amide bonds. The molecular weight excluding hydrogens is 969 g/mol. The summed E-state index contributed by atoms with van der Waals surface area (Å²) in [5, 5.41) is 50.3. The van der Waals surface area contributed by atoms with Gasteiger partial charge >= 0.3 is 0 Å². The van der Waals surface area contributed by atoms with E-state index in [-0.39, 0.29) is 48.7 Å². The number of fused-ring (bicyclic) bond motifs is 8. The molecule has 9 aliphatic rings. The minimum absolute atomic E-state index is 0.164. The Morgan fingerprint density at radius 2 is 0.434 bits per heavy atom. The number of aromatic hydroxyl groups is 4. The lowest BCUT2D eigenvalue weighted by atomic mass is 9.88. The van der Waals surface area contributed by atoms with Gasteiger partial charge in [-0.05, 0) is 66.8 Å². The van der Waals surface area contributed by atoms with Crippen LogP contribution in [0.25, 0.3) is 0 Å². The van der Waals surface area contributed by atoms with Crippen molar-refractivity contribution in [2.75, 3.05) is 105 Å². The summed E-state index contributed by atoms with van der Waals surface area (Å²) in [5.74, 6) is -1.33. The number of hydrogen-bond acceptors (Lipinski definition) is 16. The first-order valence-corrected chi connectivity index (χ1v) is 28.3. The molecule has 16 nitrogen and oxygen atoms in total. The Labute approximate surface area is 446 Å². The molecule has 0 unspecified atom stereocenters.